The maximum Gasteiger partial charge on any atom is 0.573 e. The van der Waals surface area contributed by atoms with Crippen molar-refractivity contribution < 1.29 is 41.4 Å². The van der Waals surface area contributed by atoms with E-state index in [1.807, 2.05) is 0 Å². The molecule has 1 fully saturated rings. The van der Waals surface area contributed by atoms with Crippen molar-refractivity contribution in [3.8, 4) is 5.75 Å². The zero-order valence-electron chi connectivity index (χ0n) is 11.9. The van der Waals surface area contributed by atoms with Crippen LogP contribution in [0.1, 0.15) is 19.4 Å². The maximum absolute atomic E-state index is 13.8. The molecule has 0 N–H and O–H groups in total. The second-order valence-corrected chi connectivity index (χ2v) is 4.94. The van der Waals surface area contributed by atoms with Gasteiger partial charge in [0.1, 0.15) is 17.1 Å². The molecule has 2 rings (SSSR count). The molecule has 1 saturated heterocycles. The molecular weight excluding hydrogens is 324 g/mol. The fourth-order valence-electron chi connectivity index (χ4n) is 1.79. The van der Waals surface area contributed by atoms with Gasteiger partial charge in [0.25, 0.3) is 5.79 Å². The van der Waals surface area contributed by atoms with Crippen LogP contribution in [0.15, 0.2) is 23.8 Å². The van der Waals surface area contributed by atoms with Crippen molar-refractivity contribution in [2.75, 3.05) is 0 Å². The number of hydrogen-bond donors (Lipinski definition) is 0. The van der Waals surface area contributed by atoms with E-state index in [1.165, 1.54) is 13.8 Å². The highest BCUT2D eigenvalue weighted by Gasteiger charge is 2.39. The predicted octanol–water partition coefficient (Wildman–Crippen LogP) is 2.94. The van der Waals surface area contributed by atoms with Crippen LogP contribution in [0.5, 0.6) is 5.75 Å². The van der Waals surface area contributed by atoms with Gasteiger partial charge in [0, 0.05) is 13.8 Å². The molecule has 1 aromatic rings. The van der Waals surface area contributed by atoms with Crippen LogP contribution in [0.3, 0.4) is 0 Å². The molecule has 1 aliphatic heterocycles. The minimum absolute atomic E-state index is 0.594. The summed E-state index contributed by atoms with van der Waals surface area (Å²) in [5.74, 6) is -5.84. The Labute approximate surface area is 127 Å². The second-order valence-electron chi connectivity index (χ2n) is 4.94. The molecule has 5 nitrogen and oxygen atoms in total. The highest BCUT2D eigenvalue weighted by molar-refractivity contribution is 6.19. The highest BCUT2D eigenvalue weighted by Crippen LogP contribution is 2.31. The van der Waals surface area contributed by atoms with E-state index in [0.717, 1.165) is 18.2 Å². The summed E-state index contributed by atoms with van der Waals surface area (Å²) in [5, 5.41) is 0. The third-order valence-electron chi connectivity index (χ3n) is 2.64. The Morgan fingerprint density at radius 3 is 2.22 bits per heavy atom. The molecule has 1 heterocycles. The average Bonchev–Trinajstić information content (AvgIpc) is 2.33. The Kier molecular flexibility index (Phi) is 4.06. The Bertz CT molecular complexity index is 669. The molecule has 0 radical (unpaired) electrons. The van der Waals surface area contributed by atoms with E-state index < -0.39 is 46.8 Å². The fourth-order valence-corrected chi connectivity index (χ4v) is 1.79. The lowest BCUT2D eigenvalue weighted by molar-refractivity contribution is -0.274. The van der Waals surface area contributed by atoms with E-state index in [4.69, 9.17) is 9.47 Å². The third kappa shape index (κ3) is 3.99. The zero-order chi connectivity index (χ0) is 17.4. The fraction of sp³-hybridized carbons (Fsp3) is 0.286. The Morgan fingerprint density at radius 2 is 1.70 bits per heavy atom. The largest absolute Gasteiger partial charge is 0.573 e. The van der Waals surface area contributed by atoms with Gasteiger partial charge in [-0.25, -0.2) is 14.0 Å². The van der Waals surface area contributed by atoms with E-state index >= 15 is 0 Å². The van der Waals surface area contributed by atoms with Crippen molar-refractivity contribution in [2.45, 2.75) is 26.0 Å². The molecule has 0 saturated carbocycles. The van der Waals surface area contributed by atoms with Gasteiger partial charge in [-0.3, -0.25) is 0 Å². The molecule has 0 aromatic heterocycles. The summed E-state index contributed by atoms with van der Waals surface area (Å²) in [6.07, 6.45) is -4.48. The smallest absolute Gasteiger partial charge is 0.419 e. The summed E-state index contributed by atoms with van der Waals surface area (Å²) in [7, 11) is 0. The lowest BCUT2D eigenvalue weighted by Crippen LogP contribution is -2.41. The minimum atomic E-state index is -5.07. The molecule has 0 aliphatic carbocycles. The molecule has 23 heavy (non-hydrogen) atoms. The Morgan fingerprint density at radius 1 is 1.13 bits per heavy atom. The molecule has 0 atom stereocenters. The topological polar surface area (TPSA) is 61.8 Å². The quantitative estimate of drug-likeness (QED) is 0.360. The Balaban J connectivity index is 2.47. The van der Waals surface area contributed by atoms with Crippen LogP contribution >= 0.6 is 0 Å². The van der Waals surface area contributed by atoms with Gasteiger partial charge in [-0.05, 0) is 18.2 Å². The standard InChI is InChI=1S/C14H10F4O5/c1-13(2)22-11(19)8(12(20)23-13)6-7-9(15)4-3-5-10(7)21-14(16,17)18/h3-6H,1-2H3. The summed E-state index contributed by atoms with van der Waals surface area (Å²) < 4.78 is 64.0. The first-order valence-corrected chi connectivity index (χ1v) is 6.21. The monoisotopic (exact) mass is 334 g/mol. The van der Waals surface area contributed by atoms with Crippen LogP contribution in [0, 0.1) is 5.82 Å². The molecule has 9 heteroatoms. The lowest BCUT2D eigenvalue weighted by Gasteiger charge is -2.29. The van der Waals surface area contributed by atoms with Crippen LogP contribution in [0.4, 0.5) is 17.6 Å². The van der Waals surface area contributed by atoms with Crippen LogP contribution in [-0.2, 0) is 19.1 Å². The molecule has 0 bridgehead atoms. The van der Waals surface area contributed by atoms with Gasteiger partial charge in [0.2, 0.25) is 0 Å². The lowest BCUT2D eigenvalue weighted by atomic mass is 10.1. The van der Waals surface area contributed by atoms with Crippen molar-refractivity contribution in [3.05, 3.63) is 35.2 Å². The number of esters is 2. The number of cyclic esters (lactones) is 2. The third-order valence-corrected chi connectivity index (χ3v) is 2.64. The number of carbonyl (C=O) groups excluding carboxylic acids is 2. The van der Waals surface area contributed by atoms with E-state index in [-0.39, 0.29) is 0 Å². The normalized spacial score (nSPS) is 17.4. The molecule has 0 amide bonds. The molecule has 124 valence electrons. The molecule has 0 spiro atoms. The van der Waals surface area contributed by atoms with Crippen molar-refractivity contribution >= 4 is 18.0 Å². The molecule has 1 aromatic carbocycles. The number of ether oxygens (including phenoxy) is 3. The first-order chi connectivity index (χ1) is 10.5. The number of benzene rings is 1. The van der Waals surface area contributed by atoms with Gasteiger partial charge in [-0.2, -0.15) is 0 Å². The van der Waals surface area contributed by atoms with Gasteiger partial charge in [0.05, 0.1) is 5.56 Å². The van der Waals surface area contributed by atoms with E-state index in [2.05, 4.69) is 4.74 Å². The summed E-state index contributed by atoms with van der Waals surface area (Å²) in [4.78, 5) is 23.5. The van der Waals surface area contributed by atoms with E-state index in [9.17, 15) is 27.2 Å². The number of halogens is 4. The first-order valence-electron chi connectivity index (χ1n) is 6.21. The number of carbonyl (C=O) groups is 2. The van der Waals surface area contributed by atoms with Gasteiger partial charge < -0.3 is 14.2 Å². The maximum atomic E-state index is 13.8. The minimum Gasteiger partial charge on any atom is -0.419 e. The van der Waals surface area contributed by atoms with E-state index in [0.29, 0.717) is 6.08 Å². The van der Waals surface area contributed by atoms with Crippen molar-refractivity contribution in [1.82, 2.24) is 0 Å². The molecule has 1 aliphatic rings. The van der Waals surface area contributed by atoms with Crippen molar-refractivity contribution in [3.63, 3.8) is 0 Å². The van der Waals surface area contributed by atoms with Crippen LogP contribution in [0.25, 0.3) is 6.08 Å². The molecular formula is C14H10F4O5. The van der Waals surface area contributed by atoms with Crippen LogP contribution in [0.2, 0.25) is 0 Å². The van der Waals surface area contributed by atoms with Crippen molar-refractivity contribution in [1.29, 1.82) is 0 Å². The summed E-state index contributed by atoms with van der Waals surface area (Å²) >= 11 is 0. The first kappa shape index (κ1) is 16.8. The van der Waals surface area contributed by atoms with Crippen LogP contribution in [-0.4, -0.2) is 24.1 Å². The summed E-state index contributed by atoms with van der Waals surface area (Å²) in [5.41, 5.74) is -1.48. The van der Waals surface area contributed by atoms with Gasteiger partial charge in [0.15, 0.2) is 0 Å². The zero-order valence-corrected chi connectivity index (χ0v) is 11.9. The summed E-state index contributed by atoms with van der Waals surface area (Å²) in [6, 6.07) is 2.67. The Hall–Kier alpha value is -2.58. The average molecular weight is 334 g/mol. The van der Waals surface area contributed by atoms with Gasteiger partial charge >= 0.3 is 18.3 Å². The number of rotatable bonds is 2. The highest BCUT2D eigenvalue weighted by atomic mass is 19.4. The summed E-state index contributed by atoms with van der Waals surface area (Å²) in [6.45, 7) is 2.59. The predicted molar refractivity (Wildman–Crippen MR) is 67.3 cm³/mol. The van der Waals surface area contributed by atoms with Crippen LogP contribution < -0.4 is 4.74 Å². The van der Waals surface area contributed by atoms with E-state index in [1.54, 1.807) is 0 Å². The SMILES string of the molecule is CC1(C)OC(=O)C(=Cc2c(F)cccc2OC(F)(F)F)C(=O)O1. The molecule has 0 unspecified atom stereocenters. The van der Waals surface area contributed by atoms with Gasteiger partial charge in [-0.15, -0.1) is 13.2 Å². The number of alkyl halides is 3. The van der Waals surface area contributed by atoms with Crippen molar-refractivity contribution in [2.24, 2.45) is 0 Å². The van der Waals surface area contributed by atoms with Gasteiger partial charge in [-0.1, -0.05) is 6.07 Å². The number of hydrogen-bond acceptors (Lipinski definition) is 5. The second kappa shape index (κ2) is 5.56.